The Kier molecular flexibility index (Phi) is 4.13. The molecule has 1 aliphatic heterocycles. The first-order valence-electron chi connectivity index (χ1n) is 7.22. The second-order valence-electron chi connectivity index (χ2n) is 5.47. The standard InChI is InChI=1S/C16H24N2O/c1-5-14-11(3)9-13-10-12(16(19)17-6-2)7-8-15(13)18(14)4/h7-8,10-11,14H,5-6,9H2,1-4H3,(H,17,19)/t11-,14+/m1/s1. The summed E-state index contributed by atoms with van der Waals surface area (Å²) in [4.78, 5) is 14.3. The highest BCUT2D eigenvalue weighted by Crippen LogP contribution is 2.34. The van der Waals surface area contributed by atoms with Gasteiger partial charge in [0.05, 0.1) is 0 Å². The van der Waals surface area contributed by atoms with Crippen LogP contribution in [0.1, 0.15) is 43.1 Å². The molecule has 1 aliphatic rings. The minimum absolute atomic E-state index is 0.0261. The Bertz CT molecular complexity index is 470. The minimum Gasteiger partial charge on any atom is -0.371 e. The molecule has 0 unspecified atom stereocenters. The molecule has 1 aromatic rings. The van der Waals surface area contributed by atoms with Gasteiger partial charge in [-0.05, 0) is 49.4 Å². The third kappa shape index (κ3) is 2.60. The van der Waals surface area contributed by atoms with Crippen molar-refractivity contribution in [1.29, 1.82) is 0 Å². The first kappa shape index (κ1) is 13.9. The zero-order valence-electron chi connectivity index (χ0n) is 12.4. The second-order valence-corrected chi connectivity index (χ2v) is 5.47. The fraction of sp³-hybridized carbons (Fsp3) is 0.562. The molecular formula is C16H24N2O. The molecule has 2 atom stereocenters. The van der Waals surface area contributed by atoms with Gasteiger partial charge in [0.2, 0.25) is 0 Å². The van der Waals surface area contributed by atoms with Crippen LogP contribution in [-0.4, -0.2) is 25.5 Å². The Morgan fingerprint density at radius 3 is 2.79 bits per heavy atom. The van der Waals surface area contributed by atoms with Crippen molar-refractivity contribution in [3.8, 4) is 0 Å². The van der Waals surface area contributed by atoms with E-state index in [9.17, 15) is 4.79 Å². The van der Waals surface area contributed by atoms with Crippen LogP contribution in [0.5, 0.6) is 0 Å². The summed E-state index contributed by atoms with van der Waals surface area (Å²) in [7, 11) is 2.16. The van der Waals surface area contributed by atoms with Crippen molar-refractivity contribution in [3.63, 3.8) is 0 Å². The van der Waals surface area contributed by atoms with E-state index in [0.717, 1.165) is 18.4 Å². The average Bonchev–Trinajstić information content (AvgIpc) is 2.38. The highest BCUT2D eigenvalue weighted by molar-refractivity contribution is 5.95. The molecule has 1 aromatic carbocycles. The first-order valence-corrected chi connectivity index (χ1v) is 7.22. The molecule has 3 heteroatoms. The van der Waals surface area contributed by atoms with Crippen molar-refractivity contribution >= 4 is 11.6 Å². The summed E-state index contributed by atoms with van der Waals surface area (Å²) < 4.78 is 0. The van der Waals surface area contributed by atoms with Crippen LogP contribution in [0.3, 0.4) is 0 Å². The summed E-state index contributed by atoms with van der Waals surface area (Å²) in [6.07, 6.45) is 2.22. The number of benzene rings is 1. The number of carbonyl (C=O) groups excluding carboxylic acids is 1. The molecule has 0 spiro atoms. The van der Waals surface area contributed by atoms with E-state index in [1.165, 1.54) is 11.3 Å². The molecule has 3 nitrogen and oxygen atoms in total. The Hall–Kier alpha value is -1.51. The lowest BCUT2D eigenvalue weighted by molar-refractivity contribution is 0.0955. The van der Waals surface area contributed by atoms with Gasteiger partial charge < -0.3 is 10.2 Å². The number of hydrogen-bond acceptors (Lipinski definition) is 2. The Balaban J connectivity index is 2.32. The van der Waals surface area contributed by atoms with Crippen LogP contribution < -0.4 is 10.2 Å². The second kappa shape index (κ2) is 5.64. The molecule has 0 bridgehead atoms. The molecule has 1 heterocycles. The SMILES string of the molecule is CCNC(=O)c1ccc2c(c1)C[C@@H](C)[C@H](CC)N2C. The maximum atomic E-state index is 11.9. The van der Waals surface area contributed by atoms with Gasteiger partial charge >= 0.3 is 0 Å². The monoisotopic (exact) mass is 260 g/mol. The molecule has 0 aromatic heterocycles. The molecular weight excluding hydrogens is 236 g/mol. The normalized spacial score (nSPS) is 22.0. The smallest absolute Gasteiger partial charge is 0.251 e. The van der Waals surface area contributed by atoms with Crippen LogP contribution >= 0.6 is 0 Å². The summed E-state index contributed by atoms with van der Waals surface area (Å²) in [5.74, 6) is 0.658. The van der Waals surface area contributed by atoms with Crippen LogP contribution in [0, 0.1) is 5.92 Å². The van der Waals surface area contributed by atoms with Crippen molar-refractivity contribution < 1.29 is 4.79 Å². The lowest BCUT2D eigenvalue weighted by Gasteiger charge is -2.40. The van der Waals surface area contributed by atoms with Gasteiger partial charge in [0.15, 0.2) is 0 Å². The maximum absolute atomic E-state index is 11.9. The quantitative estimate of drug-likeness (QED) is 0.906. The number of hydrogen-bond donors (Lipinski definition) is 1. The predicted octanol–water partition coefficient (Wildman–Crippen LogP) is 2.84. The van der Waals surface area contributed by atoms with Crippen molar-refractivity contribution in [1.82, 2.24) is 5.32 Å². The molecule has 1 amide bonds. The van der Waals surface area contributed by atoms with E-state index in [2.05, 4.69) is 43.2 Å². The molecule has 19 heavy (non-hydrogen) atoms. The van der Waals surface area contributed by atoms with Crippen molar-refractivity contribution in [2.75, 3.05) is 18.5 Å². The van der Waals surface area contributed by atoms with Gasteiger partial charge in [-0.15, -0.1) is 0 Å². The van der Waals surface area contributed by atoms with Crippen molar-refractivity contribution in [3.05, 3.63) is 29.3 Å². The van der Waals surface area contributed by atoms with E-state index in [1.54, 1.807) is 0 Å². The Labute approximate surface area is 116 Å². The van der Waals surface area contributed by atoms with Crippen LogP contribution in [0.25, 0.3) is 0 Å². The average molecular weight is 260 g/mol. The Morgan fingerprint density at radius 1 is 1.42 bits per heavy atom. The molecule has 2 rings (SSSR count). The van der Waals surface area contributed by atoms with E-state index in [1.807, 2.05) is 13.0 Å². The zero-order valence-corrected chi connectivity index (χ0v) is 12.4. The van der Waals surface area contributed by atoms with E-state index >= 15 is 0 Å². The summed E-state index contributed by atoms with van der Waals surface area (Å²) in [6, 6.07) is 6.68. The maximum Gasteiger partial charge on any atom is 0.251 e. The van der Waals surface area contributed by atoms with Crippen LogP contribution in [0.2, 0.25) is 0 Å². The van der Waals surface area contributed by atoms with Crippen molar-refractivity contribution in [2.45, 2.75) is 39.7 Å². The highest BCUT2D eigenvalue weighted by atomic mass is 16.1. The van der Waals surface area contributed by atoms with Gasteiger partial charge in [0.1, 0.15) is 0 Å². The minimum atomic E-state index is 0.0261. The summed E-state index contributed by atoms with van der Waals surface area (Å²) in [6.45, 7) is 7.15. The number of amides is 1. The lowest BCUT2D eigenvalue weighted by Crippen LogP contribution is -2.41. The largest absolute Gasteiger partial charge is 0.371 e. The molecule has 0 radical (unpaired) electrons. The predicted molar refractivity (Wildman–Crippen MR) is 79.8 cm³/mol. The number of anilines is 1. The van der Waals surface area contributed by atoms with Crippen molar-refractivity contribution in [2.24, 2.45) is 5.92 Å². The summed E-state index contributed by atoms with van der Waals surface area (Å²) in [5.41, 5.74) is 3.35. The van der Waals surface area contributed by atoms with Crippen LogP contribution in [0.15, 0.2) is 18.2 Å². The van der Waals surface area contributed by atoms with Gasteiger partial charge in [-0.3, -0.25) is 4.79 Å². The molecule has 104 valence electrons. The lowest BCUT2D eigenvalue weighted by atomic mass is 9.85. The van der Waals surface area contributed by atoms with E-state index in [4.69, 9.17) is 0 Å². The summed E-state index contributed by atoms with van der Waals surface area (Å²) >= 11 is 0. The van der Waals surface area contributed by atoms with Gasteiger partial charge in [0.25, 0.3) is 5.91 Å². The molecule has 1 N–H and O–H groups in total. The first-order chi connectivity index (χ1) is 9.08. The molecule has 0 saturated heterocycles. The number of fused-ring (bicyclic) bond motifs is 1. The van der Waals surface area contributed by atoms with Gasteiger partial charge in [0, 0.05) is 30.9 Å². The van der Waals surface area contributed by atoms with Gasteiger partial charge in [-0.25, -0.2) is 0 Å². The van der Waals surface area contributed by atoms with Crippen LogP contribution in [0.4, 0.5) is 5.69 Å². The fourth-order valence-electron chi connectivity index (χ4n) is 3.22. The molecule has 0 fully saturated rings. The number of nitrogens with one attached hydrogen (secondary N) is 1. The van der Waals surface area contributed by atoms with E-state index in [0.29, 0.717) is 18.5 Å². The highest BCUT2D eigenvalue weighted by Gasteiger charge is 2.28. The Morgan fingerprint density at radius 2 is 2.16 bits per heavy atom. The number of rotatable bonds is 3. The third-order valence-electron chi connectivity index (χ3n) is 4.17. The van der Waals surface area contributed by atoms with Gasteiger partial charge in [-0.2, -0.15) is 0 Å². The summed E-state index contributed by atoms with van der Waals surface area (Å²) in [5, 5.41) is 2.86. The fourth-order valence-corrected chi connectivity index (χ4v) is 3.22. The van der Waals surface area contributed by atoms with E-state index < -0.39 is 0 Å². The topological polar surface area (TPSA) is 32.3 Å². The van der Waals surface area contributed by atoms with Gasteiger partial charge in [-0.1, -0.05) is 13.8 Å². The molecule has 0 aliphatic carbocycles. The zero-order chi connectivity index (χ0) is 14.0. The number of carbonyl (C=O) groups is 1. The molecule has 0 saturated carbocycles. The number of nitrogens with zero attached hydrogens (tertiary/aromatic N) is 1. The van der Waals surface area contributed by atoms with E-state index in [-0.39, 0.29) is 5.91 Å². The van der Waals surface area contributed by atoms with Crippen LogP contribution in [-0.2, 0) is 6.42 Å². The third-order valence-corrected chi connectivity index (χ3v) is 4.17.